The highest BCUT2D eigenvalue weighted by molar-refractivity contribution is 7.92. The van der Waals surface area contributed by atoms with Crippen LogP contribution in [0.3, 0.4) is 0 Å². The van der Waals surface area contributed by atoms with E-state index in [2.05, 4.69) is 24.9 Å². The van der Waals surface area contributed by atoms with Gasteiger partial charge in [-0.2, -0.15) is 0 Å². The molecule has 0 atom stereocenters. The lowest BCUT2D eigenvalue weighted by molar-refractivity contribution is 0.0342. The highest BCUT2D eigenvalue weighted by Crippen LogP contribution is 2.18. The minimum atomic E-state index is -3.84. The zero-order valence-electron chi connectivity index (χ0n) is 18.2. The first-order chi connectivity index (χ1) is 15.9. The molecule has 9 nitrogen and oxygen atoms in total. The van der Waals surface area contributed by atoms with Crippen molar-refractivity contribution in [1.82, 2.24) is 14.9 Å². The van der Waals surface area contributed by atoms with Crippen molar-refractivity contribution in [1.29, 1.82) is 0 Å². The molecule has 0 radical (unpaired) electrons. The van der Waals surface area contributed by atoms with Crippen LogP contribution in [0.15, 0.2) is 65.7 Å². The zero-order chi connectivity index (χ0) is 23.3. The summed E-state index contributed by atoms with van der Waals surface area (Å²) in [5, 5.41) is 2.79. The van der Waals surface area contributed by atoms with Gasteiger partial charge in [-0.1, -0.05) is 12.1 Å². The van der Waals surface area contributed by atoms with E-state index < -0.39 is 10.0 Å². The highest BCUT2D eigenvalue weighted by Gasteiger charge is 2.16. The number of benzene rings is 2. The average Bonchev–Trinajstić information content (AvgIpc) is 2.80. The molecule has 33 heavy (non-hydrogen) atoms. The quantitative estimate of drug-likeness (QED) is 0.549. The largest absolute Gasteiger partial charge is 0.379 e. The van der Waals surface area contributed by atoms with Crippen LogP contribution in [0.1, 0.15) is 21.6 Å². The van der Waals surface area contributed by atoms with Gasteiger partial charge in [0, 0.05) is 42.8 Å². The van der Waals surface area contributed by atoms with Crippen LogP contribution in [0, 0.1) is 6.92 Å². The van der Waals surface area contributed by atoms with Crippen LogP contribution >= 0.6 is 0 Å². The first kappa shape index (κ1) is 22.8. The van der Waals surface area contributed by atoms with Gasteiger partial charge in [0.1, 0.15) is 0 Å². The van der Waals surface area contributed by atoms with Gasteiger partial charge in [-0.3, -0.25) is 9.69 Å². The molecule has 1 amide bonds. The molecule has 10 heteroatoms. The van der Waals surface area contributed by atoms with E-state index in [0.29, 0.717) is 16.9 Å². The Bertz CT molecular complexity index is 1210. The predicted molar refractivity (Wildman–Crippen MR) is 125 cm³/mol. The number of nitrogens with one attached hydrogen (secondary N) is 2. The molecule has 0 aliphatic carbocycles. The third-order valence-electron chi connectivity index (χ3n) is 5.17. The SMILES string of the molecule is Cc1ccnc(NS(=O)(=O)c2ccc(NC(=O)c3ccc(CN4CCOCC4)cc3)cc2)n1. The Hall–Kier alpha value is -3.34. The number of anilines is 2. The maximum absolute atomic E-state index is 12.6. The number of hydrogen-bond donors (Lipinski definition) is 2. The number of hydrogen-bond acceptors (Lipinski definition) is 7. The summed E-state index contributed by atoms with van der Waals surface area (Å²) in [6, 6.07) is 15.0. The molecule has 2 N–H and O–H groups in total. The Morgan fingerprint density at radius 2 is 1.73 bits per heavy atom. The van der Waals surface area contributed by atoms with Crippen molar-refractivity contribution in [3.05, 3.63) is 77.6 Å². The average molecular weight is 468 g/mol. The highest BCUT2D eigenvalue weighted by atomic mass is 32.2. The summed E-state index contributed by atoms with van der Waals surface area (Å²) in [7, 11) is -3.84. The molecule has 1 aliphatic heterocycles. The zero-order valence-corrected chi connectivity index (χ0v) is 19.0. The summed E-state index contributed by atoms with van der Waals surface area (Å²) >= 11 is 0. The summed E-state index contributed by atoms with van der Waals surface area (Å²) in [6.45, 7) is 5.87. The van der Waals surface area contributed by atoms with Gasteiger partial charge < -0.3 is 10.1 Å². The van der Waals surface area contributed by atoms with Gasteiger partial charge in [0.15, 0.2) is 0 Å². The van der Waals surface area contributed by atoms with Crippen LogP contribution in [-0.2, 0) is 21.3 Å². The number of aromatic nitrogens is 2. The molecule has 1 saturated heterocycles. The number of rotatable bonds is 7. The molecule has 0 saturated carbocycles. The van der Waals surface area contributed by atoms with E-state index in [9.17, 15) is 13.2 Å². The molecule has 0 bridgehead atoms. The summed E-state index contributed by atoms with van der Waals surface area (Å²) in [5.74, 6) is -0.265. The van der Waals surface area contributed by atoms with E-state index in [4.69, 9.17) is 4.74 Å². The normalized spacial score (nSPS) is 14.6. The van der Waals surface area contributed by atoms with Gasteiger partial charge in [0.05, 0.1) is 18.1 Å². The van der Waals surface area contributed by atoms with Crippen LogP contribution in [0.2, 0.25) is 0 Å². The number of aryl methyl sites for hydroxylation is 1. The van der Waals surface area contributed by atoms with Gasteiger partial charge in [-0.25, -0.2) is 23.1 Å². The maximum Gasteiger partial charge on any atom is 0.264 e. The molecule has 172 valence electrons. The van der Waals surface area contributed by atoms with Gasteiger partial charge in [0.2, 0.25) is 5.95 Å². The lowest BCUT2D eigenvalue weighted by Gasteiger charge is -2.26. The summed E-state index contributed by atoms with van der Waals surface area (Å²) in [5.41, 5.74) is 2.79. The fourth-order valence-corrected chi connectivity index (χ4v) is 4.33. The van der Waals surface area contributed by atoms with Crippen LogP contribution < -0.4 is 10.0 Å². The predicted octanol–water partition coefficient (Wildman–Crippen LogP) is 2.67. The number of amides is 1. The van der Waals surface area contributed by atoms with Crippen molar-refractivity contribution in [3.63, 3.8) is 0 Å². The number of carbonyl (C=O) groups is 1. The van der Waals surface area contributed by atoms with E-state index in [-0.39, 0.29) is 16.8 Å². The Balaban J connectivity index is 1.36. The number of ether oxygens (including phenoxy) is 1. The van der Waals surface area contributed by atoms with Crippen LogP contribution in [-0.4, -0.2) is 55.5 Å². The van der Waals surface area contributed by atoms with Crippen molar-refractivity contribution in [2.45, 2.75) is 18.4 Å². The standard InChI is InChI=1S/C23H25N5O4S/c1-17-10-11-24-23(25-17)27-33(30,31)21-8-6-20(7-9-21)26-22(29)19-4-2-18(3-5-19)16-28-12-14-32-15-13-28/h2-11H,12-16H2,1H3,(H,26,29)(H,24,25,27). The second kappa shape index (κ2) is 10.1. The van der Waals surface area contributed by atoms with Crippen LogP contribution in [0.25, 0.3) is 0 Å². The molecule has 1 fully saturated rings. The van der Waals surface area contributed by atoms with E-state index in [0.717, 1.165) is 38.4 Å². The Morgan fingerprint density at radius 3 is 2.39 bits per heavy atom. The molecular formula is C23H25N5O4S. The van der Waals surface area contributed by atoms with Crippen LogP contribution in [0.5, 0.6) is 0 Å². The van der Waals surface area contributed by atoms with E-state index in [1.165, 1.54) is 30.5 Å². The Morgan fingerprint density at radius 1 is 1.03 bits per heavy atom. The van der Waals surface area contributed by atoms with Crippen molar-refractivity contribution < 1.29 is 17.9 Å². The van der Waals surface area contributed by atoms with Crippen molar-refractivity contribution >= 4 is 27.6 Å². The van der Waals surface area contributed by atoms with Gasteiger partial charge in [-0.15, -0.1) is 0 Å². The lowest BCUT2D eigenvalue weighted by atomic mass is 10.1. The monoisotopic (exact) mass is 467 g/mol. The fraction of sp³-hybridized carbons (Fsp3) is 0.261. The van der Waals surface area contributed by atoms with E-state index >= 15 is 0 Å². The second-order valence-electron chi connectivity index (χ2n) is 7.69. The lowest BCUT2D eigenvalue weighted by Crippen LogP contribution is -2.35. The van der Waals surface area contributed by atoms with E-state index in [1.807, 2.05) is 12.1 Å². The number of nitrogens with zero attached hydrogens (tertiary/aromatic N) is 3. The van der Waals surface area contributed by atoms with Gasteiger partial charge >= 0.3 is 0 Å². The molecule has 0 spiro atoms. The molecule has 3 aromatic rings. The maximum atomic E-state index is 12.6. The van der Waals surface area contributed by atoms with Crippen molar-refractivity contribution in [2.24, 2.45) is 0 Å². The van der Waals surface area contributed by atoms with Gasteiger partial charge in [0.25, 0.3) is 15.9 Å². The van der Waals surface area contributed by atoms with E-state index in [1.54, 1.807) is 25.1 Å². The Kier molecular flexibility index (Phi) is 6.97. The summed E-state index contributed by atoms with van der Waals surface area (Å²) in [6.07, 6.45) is 1.48. The first-order valence-corrected chi connectivity index (χ1v) is 12.0. The third-order valence-corrected chi connectivity index (χ3v) is 6.51. The third kappa shape index (κ3) is 6.13. The molecule has 1 aromatic heterocycles. The topological polar surface area (TPSA) is 114 Å². The van der Waals surface area contributed by atoms with Crippen molar-refractivity contribution in [3.8, 4) is 0 Å². The molecule has 2 heterocycles. The Labute approximate surface area is 192 Å². The minimum Gasteiger partial charge on any atom is -0.379 e. The first-order valence-electron chi connectivity index (χ1n) is 10.5. The molecule has 0 unspecified atom stereocenters. The van der Waals surface area contributed by atoms with Crippen LogP contribution in [0.4, 0.5) is 11.6 Å². The smallest absolute Gasteiger partial charge is 0.264 e. The second-order valence-corrected chi connectivity index (χ2v) is 9.37. The van der Waals surface area contributed by atoms with Gasteiger partial charge in [-0.05, 0) is 55.0 Å². The minimum absolute atomic E-state index is 0.00412. The molecule has 4 rings (SSSR count). The number of carbonyl (C=O) groups excluding carboxylic acids is 1. The number of sulfonamides is 1. The molecule has 2 aromatic carbocycles. The molecular weight excluding hydrogens is 442 g/mol. The summed E-state index contributed by atoms with van der Waals surface area (Å²) < 4.78 is 32.8. The summed E-state index contributed by atoms with van der Waals surface area (Å²) in [4.78, 5) is 22.9. The molecule has 1 aliphatic rings. The number of morpholine rings is 1. The fourth-order valence-electron chi connectivity index (χ4n) is 3.38. The van der Waals surface area contributed by atoms with Crippen molar-refractivity contribution in [2.75, 3.05) is 36.3 Å².